The summed E-state index contributed by atoms with van der Waals surface area (Å²) in [6.45, 7) is 3.74. The molecule has 7 heteroatoms. The van der Waals surface area contributed by atoms with Gasteiger partial charge in [0.2, 0.25) is 0 Å². The van der Waals surface area contributed by atoms with Crippen molar-refractivity contribution in [2.45, 2.75) is 38.7 Å². The average Bonchev–Trinajstić information content (AvgIpc) is 2.90. The highest BCUT2D eigenvalue weighted by molar-refractivity contribution is 5.82. The predicted octanol–water partition coefficient (Wildman–Crippen LogP) is 5.30. The Morgan fingerprint density at radius 1 is 0.703 bits per heavy atom. The van der Waals surface area contributed by atoms with Crippen LogP contribution in [0.25, 0.3) is 0 Å². The summed E-state index contributed by atoms with van der Waals surface area (Å²) in [4.78, 5) is 39.6. The largest absolute Gasteiger partial charge is 0.455 e. The second kappa shape index (κ2) is 13.4. The van der Waals surface area contributed by atoms with Gasteiger partial charge in [0, 0.05) is 19.4 Å². The van der Waals surface area contributed by atoms with Gasteiger partial charge in [-0.15, -0.1) is 0 Å². The molecule has 3 aromatic rings. The van der Waals surface area contributed by atoms with Crippen molar-refractivity contribution in [3.05, 3.63) is 95.6 Å². The van der Waals surface area contributed by atoms with Crippen LogP contribution >= 0.6 is 0 Å². The number of benzene rings is 3. The van der Waals surface area contributed by atoms with Crippen LogP contribution in [0.15, 0.2) is 78.9 Å². The van der Waals surface area contributed by atoms with Crippen LogP contribution in [-0.4, -0.2) is 43.4 Å². The van der Waals surface area contributed by atoms with Crippen LogP contribution in [0.2, 0.25) is 0 Å². The molecule has 0 fully saturated rings. The highest BCUT2D eigenvalue weighted by Gasteiger charge is 2.28. The first-order valence-corrected chi connectivity index (χ1v) is 12.3. The summed E-state index contributed by atoms with van der Waals surface area (Å²) in [5, 5.41) is 0. The van der Waals surface area contributed by atoms with Gasteiger partial charge in [0.15, 0.2) is 11.5 Å². The number of esters is 3. The van der Waals surface area contributed by atoms with Gasteiger partial charge in [-0.1, -0.05) is 80.6 Å². The van der Waals surface area contributed by atoms with Crippen LogP contribution in [0.3, 0.4) is 0 Å². The summed E-state index contributed by atoms with van der Waals surface area (Å²) >= 11 is 0. The van der Waals surface area contributed by atoms with Gasteiger partial charge in [-0.3, -0.25) is 14.4 Å². The van der Waals surface area contributed by atoms with Crippen LogP contribution in [0.5, 0.6) is 11.5 Å². The monoisotopic (exact) mass is 503 g/mol. The molecule has 37 heavy (non-hydrogen) atoms. The van der Waals surface area contributed by atoms with Gasteiger partial charge in [-0.2, -0.15) is 0 Å². The van der Waals surface area contributed by atoms with E-state index in [0.29, 0.717) is 12.1 Å². The Morgan fingerprint density at radius 3 is 1.70 bits per heavy atom. The number of carbonyl (C=O) groups excluding carboxylic acids is 3. The molecule has 3 rings (SSSR count). The van der Waals surface area contributed by atoms with Crippen molar-refractivity contribution in [2.24, 2.45) is 0 Å². The number of hydrogen-bond acceptors (Lipinski definition) is 7. The molecule has 0 bridgehead atoms. The third kappa shape index (κ3) is 7.75. The molecule has 1 atom stereocenters. The van der Waals surface area contributed by atoms with Crippen molar-refractivity contribution in [1.82, 2.24) is 4.90 Å². The molecule has 0 heterocycles. The fourth-order valence-electron chi connectivity index (χ4n) is 3.78. The lowest BCUT2D eigenvalue weighted by molar-refractivity contribution is -0.151. The van der Waals surface area contributed by atoms with E-state index in [1.54, 1.807) is 32.0 Å². The van der Waals surface area contributed by atoms with Crippen molar-refractivity contribution in [3.63, 3.8) is 0 Å². The van der Waals surface area contributed by atoms with E-state index in [-0.39, 0.29) is 24.3 Å². The van der Waals surface area contributed by atoms with Crippen molar-refractivity contribution in [2.75, 3.05) is 20.6 Å². The average molecular weight is 504 g/mol. The Bertz CT molecular complexity index is 1150. The van der Waals surface area contributed by atoms with Gasteiger partial charge in [-0.25, -0.2) is 0 Å². The summed E-state index contributed by atoms with van der Waals surface area (Å²) in [5.41, 5.74) is 2.25. The van der Waals surface area contributed by atoms with E-state index in [1.807, 2.05) is 79.7 Å². The van der Waals surface area contributed by atoms with Gasteiger partial charge in [0.1, 0.15) is 12.0 Å². The molecular formula is C30H33NO6. The number of likely N-dealkylation sites (N-methyl/N-ethyl adjacent to an activating group) is 1. The molecule has 0 aromatic heterocycles. The molecule has 0 saturated heterocycles. The van der Waals surface area contributed by atoms with Crippen molar-refractivity contribution >= 4 is 17.9 Å². The maximum Gasteiger partial charge on any atom is 0.318 e. The summed E-state index contributed by atoms with van der Waals surface area (Å²) in [6.07, 6.45) is -0.353. The van der Waals surface area contributed by atoms with E-state index in [9.17, 15) is 14.4 Å². The van der Waals surface area contributed by atoms with Crippen molar-refractivity contribution in [1.29, 1.82) is 0 Å². The lowest BCUT2D eigenvalue weighted by Crippen LogP contribution is -2.27. The van der Waals surface area contributed by atoms with Crippen LogP contribution in [0.4, 0.5) is 0 Å². The predicted molar refractivity (Wildman–Crippen MR) is 140 cm³/mol. The highest BCUT2D eigenvalue weighted by Crippen LogP contribution is 2.34. The molecule has 0 aliphatic heterocycles. The molecule has 0 spiro atoms. The standard InChI is InChI=1S/C30H33NO6/c1-5-27(32)35-24-18-17-23(19-25(24)36-28(33)6-2)26(20-31(3)4)37-30(34)29(21-13-9-7-10-14-21)22-15-11-8-12-16-22/h7-19,26,29H,5-6,20H2,1-4H3. The fraction of sp³-hybridized carbons (Fsp3) is 0.300. The number of hydrogen-bond donors (Lipinski definition) is 0. The van der Waals surface area contributed by atoms with Crippen LogP contribution in [0.1, 0.15) is 55.4 Å². The minimum atomic E-state index is -0.674. The van der Waals surface area contributed by atoms with Gasteiger partial charge in [0.05, 0.1) is 0 Å². The van der Waals surface area contributed by atoms with Gasteiger partial charge >= 0.3 is 17.9 Å². The molecule has 0 aliphatic carbocycles. The first-order valence-electron chi connectivity index (χ1n) is 12.3. The van der Waals surface area contributed by atoms with E-state index in [1.165, 1.54) is 0 Å². The molecule has 0 aliphatic rings. The quantitative estimate of drug-likeness (QED) is 0.260. The topological polar surface area (TPSA) is 82.1 Å². The van der Waals surface area contributed by atoms with Gasteiger partial charge in [-0.05, 0) is 42.9 Å². The number of rotatable bonds is 11. The number of carbonyl (C=O) groups is 3. The molecule has 0 saturated carbocycles. The zero-order chi connectivity index (χ0) is 26.8. The Balaban J connectivity index is 1.98. The lowest BCUT2D eigenvalue weighted by Gasteiger charge is -2.25. The first kappa shape index (κ1) is 27.6. The molecule has 0 N–H and O–H groups in total. The van der Waals surface area contributed by atoms with Gasteiger partial charge < -0.3 is 19.1 Å². The highest BCUT2D eigenvalue weighted by atomic mass is 16.6. The third-order valence-electron chi connectivity index (χ3n) is 5.66. The molecule has 7 nitrogen and oxygen atoms in total. The summed E-state index contributed by atoms with van der Waals surface area (Å²) < 4.78 is 16.9. The van der Waals surface area contributed by atoms with E-state index in [4.69, 9.17) is 14.2 Å². The van der Waals surface area contributed by atoms with Crippen LogP contribution in [-0.2, 0) is 19.1 Å². The van der Waals surface area contributed by atoms with Crippen molar-refractivity contribution < 1.29 is 28.6 Å². The second-order valence-electron chi connectivity index (χ2n) is 8.80. The Hall–Kier alpha value is -3.97. The SMILES string of the molecule is CCC(=O)Oc1ccc(C(CN(C)C)OC(=O)C(c2ccccc2)c2ccccc2)cc1OC(=O)CC. The maximum atomic E-state index is 13.7. The Morgan fingerprint density at radius 2 is 1.22 bits per heavy atom. The maximum absolute atomic E-state index is 13.7. The number of nitrogens with zero attached hydrogens (tertiary/aromatic N) is 1. The first-order chi connectivity index (χ1) is 17.8. The fourth-order valence-corrected chi connectivity index (χ4v) is 3.78. The molecule has 1 unspecified atom stereocenters. The molecule has 0 radical (unpaired) electrons. The van der Waals surface area contributed by atoms with Crippen LogP contribution in [0, 0.1) is 0 Å². The molecule has 194 valence electrons. The zero-order valence-corrected chi connectivity index (χ0v) is 21.7. The summed E-state index contributed by atoms with van der Waals surface area (Å²) in [7, 11) is 3.75. The smallest absolute Gasteiger partial charge is 0.318 e. The minimum absolute atomic E-state index is 0.105. The Labute approximate surface area is 218 Å². The van der Waals surface area contributed by atoms with E-state index >= 15 is 0 Å². The van der Waals surface area contributed by atoms with E-state index in [2.05, 4.69) is 0 Å². The van der Waals surface area contributed by atoms with Gasteiger partial charge in [0.25, 0.3) is 0 Å². The summed E-state index contributed by atoms with van der Waals surface area (Å²) in [6, 6.07) is 23.8. The van der Waals surface area contributed by atoms with Crippen molar-refractivity contribution in [3.8, 4) is 11.5 Å². The molecule has 3 aromatic carbocycles. The lowest BCUT2D eigenvalue weighted by atomic mass is 9.91. The Kier molecular flexibility index (Phi) is 9.98. The summed E-state index contributed by atoms with van der Waals surface area (Å²) in [5.74, 6) is -1.70. The molecule has 0 amide bonds. The van der Waals surface area contributed by atoms with E-state index in [0.717, 1.165) is 11.1 Å². The number of ether oxygens (including phenoxy) is 3. The molecular weight excluding hydrogens is 470 g/mol. The van der Waals surface area contributed by atoms with E-state index < -0.39 is 29.9 Å². The zero-order valence-electron chi connectivity index (χ0n) is 21.7. The van der Waals surface area contributed by atoms with Crippen LogP contribution < -0.4 is 9.47 Å². The minimum Gasteiger partial charge on any atom is -0.455 e. The normalized spacial score (nSPS) is 11.7. The third-order valence-corrected chi connectivity index (χ3v) is 5.66. The second-order valence-corrected chi connectivity index (χ2v) is 8.80.